The lowest BCUT2D eigenvalue weighted by Gasteiger charge is -2.23. The van der Waals surface area contributed by atoms with Gasteiger partial charge >= 0.3 is 0 Å². The standard InChI is InChI=1S/C12H28N2/c1-4-6-8-9-11-12(14(3)13)10-7-5-2/h12H,4-11,13H2,1-3H3. The lowest BCUT2D eigenvalue weighted by atomic mass is 10.0. The second-order valence-electron chi connectivity index (χ2n) is 4.31. The summed E-state index contributed by atoms with van der Waals surface area (Å²) >= 11 is 0. The molecule has 0 radical (unpaired) electrons. The van der Waals surface area contributed by atoms with Crippen LogP contribution in [0, 0.1) is 0 Å². The smallest absolute Gasteiger partial charge is 0.0238 e. The molecule has 2 heteroatoms. The summed E-state index contributed by atoms with van der Waals surface area (Å²) < 4.78 is 0. The molecule has 0 fully saturated rings. The molecule has 0 bridgehead atoms. The first-order chi connectivity index (χ1) is 6.72. The zero-order valence-electron chi connectivity index (χ0n) is 10.3. The molecule has 0 aromatic carbocycles. The number of unbranched alkanes of at least 4 members (excludes halogenated alkanes) is 4. The molecule has 0 heterocycles. The van der Waals surface area contributed by atoms with Crippen LogP contribution in [-0.4, -0.2) is 18.1 Å². The summed E-state index contributed by atoms with van der Waals surface area (Å²) in [5.74, 6) is 5.83. The van der Waals surface area contributed by atoms with Crippen molar-refractivity contribution in [2.45, 2.75) is 71.3 Å². The summed E-state index contributed by atoms with van der Waals surface area (Å²) in [5.41, 5.74) is 0. The van der Waals surface area contributed by atoms with E-state index in [2.05, 4.69) is 13.8 Å². The van der Waals surface area contributed by atoms with Crippen LogP contribution in [-0.2, 0) is 0 Å². The summed E-state index contributed by atoms with van der Waals surface area (Å²) in [6.45, 7) is 4.49. The Hall–Kier alpha value is -0.0800. The van der Waals surface area contributed by atoms with Gasteiger partial charge in [-0.1, -0.05) is 52.4 Å². The predicted octanol–water partition coefficient (Wildman–Crippen LogP) is 3.32. The second kappa shape index (κ2) is 9.47. The molecule has 0 aliphatic rings. The van der Waals surface area contributed by atoms with Gasteiger partial charge < -0.3 is 0 Å². The van der Waals surface area contributed by atoms with Gasteiger partial charge in [0.15, 0.2) is 0 Å². The molecule has 0 aromatic rings. The molecule has 0 aromatic heterocycles. The van der Waals surface area contributed by atoms with Crippen molar-refractivity contribution in [1.82, 2.24) is 5.01 Å². The van der Waals surface area contributed by atoms with Gasteiger partial charge in [-0.15, -0.1) is 0 Å². The van der Waals surface area contributed by atoms with Crippen LogP contribution in [0.5, 0.6) is 0 Å². The maximum atomic E-state index is 5.83. The van der Waals surface area contributed by atoms with Crippen LogP contribution in [0.15, 0.2) is 0 Å². The number of nitrogens with zero attached hydrogens (tertiary/aromatic N) is 1. The summed E-state index contributed by atoms with van der Waals surface area (Å²) in [6.07, 6.45) is 10.5. The molecule has 2 nitrogen and oxygen atoms in total. The Morgan fingerprint density at radius 3 is 2.00 bits per heavy atom. The fourth-order valence-electron chi connectivity index (χ4n) is 1.80. The Morgan fingerprint density at radius 1 is 0.929 bits per heavy atom. The molecule has 86 valence electrons. The number of hydrogen-bond donors (Lipinski definition) is 1. The van der Waals surface area contributed by atoms with Crippen LogP contribution < -0.4 is 5.84 Å². The maximum absolute atomic E-state index is 5.83. The van der Waals surface area contributed by atoms with Gasteiger partial charge in [-0.25, -0.2) is 5.01 Å². The molecule has 0 saturated heterocycles. The van der Waals surface area contributed by atoms with E-state index in [9.17, 15) is 0 Å². The van der Waals surface area contributed by atoms with E-state index >= 15 is 0 Å². The van der Waals surface area contributed by atoms with Crippen molar-refractivity contribution in [3.05, 3.63) is 0 Å². The Labute approximate surface area is 89.8 Å². The summed E-state index contributed by atoms with van der Waals surface area (Å²) in [4.78, 5) is 0. The Morgan fingerprint density at radius 2 is 1.50 bits per heavy atom. The molecule has 14 heavy (non-hydrogen) atoms. The molecular formula is C12H28N2. The van der Waals surface area contributed by atoms with Gasteiger partial charge in [0.1, 0.15) is 0 Å². The molecule has 0 rings (SSSR count). The van der Waals surface area contributed by atoms with E-state index in [4.69, 9.17) is 5.84 Å². The molecule has 0 saturated carbocycles. The molecule has 2 N–H and O–H groups in total. The van der Waals surface area contributed by atoms with Gasteiger partial charge in [-0.3, -0.25) is 5.84 Å². The summed E-state index contributed by atoms with van der Waals surface area (Å²) in [6, 6.07) is 0.604. The average Bonchev–Trinajstić information content (AvgIpc) is 2.16. The molecule has 1 unspecified atom stereocenters. The van der Waals surface area contributed by atoms with Crippen LogP contribution in [0.2, 0.25) is 0 Å². The van der Waals surface area contributed by atoms with E-state index in [1.54, 1.807) is 0 Å². The first-order valence-electron chi connectivity index (χ1n) is 6.19. The van der Waals surface area contributed by atoms with Crippen LogP contribution >= 0.6 is 0 Å². The minimum atomic E-state index is 0.604. The SMILES string of the molecule is CCCCCCC(CCCC)N(C)N. The van der Waals surface area contributed by atoms with Crippen LogP contribution in [0.4, 0.5) is 0 Å². The molecular weight excluding hydrogens is 172 g/mol. The van der Waals surface area contributed by atoms with E-state index < -0.39 is 0 Å². The Bertz CT molecular complexity index is 113. The van der Waals surface area contributed by atoms with E-state index in [1.165, 1.54) is 51.4 Å². The number of hydrogen-bond acceptors (Lipinski definition) is 2. The van der Waals surface area contributed by atoms with Crippen molar-refractivity contribution >= 4 is 0 Å². The molecule has 1 atom stereocenters. The third-order valence-electron chi connectivity index (χ3n) is 2.86. The quantitative estimate of drug-likeness (QED) is 0.351. The Kier molecular flexibility index (Phi) is 9.42. The summed E-state index contributed by atoms with van der Waals surface area (Å²) in [5, 5.41) is 1.90. The highest BCUT2D eigenvalue weighted by Gasteiger charge is 2.10. The highest BCUT2D eigenvalue weighted by Crippen LogP contribution is 2.13. The van der Waals surface area contributed by atoms with Crippen LogP contribution in [0.25, 0.3) is 0 Å². The third kappa shape index (κ3) is 7.34. The first kappa shape index (κ1) is 13.9. The van der Waals surface area contributed by atoms with Gasteiger partial charge in [0.2, 0.25) is 0 Å². The summed E-state index contributed by atoms with van der Waals surface area (Å²) in [7, 11) is 2.00. The lowest BCUT2D eigenvalue weighted by molar-refractivity contribution is 0.215. The fraction of sp³-hybridized carbons (Fsp3) is 1.00. The number of nitrogens with two attached hydrogens (primary N) is 1. The predicted molar refractivity (Wildman–Crippen MR) is 64.0 cm³/mol. The third-order valence-corrected chi connectivity index (χ3v) is 2.86. The van der Waals surface area contributed by atoms with Gasteiger partial charge in [0.25, 0.3) is 0 Å². The molecule has 0 amide bonds. The van der Waals surface area contributed by atoms with E-state index in [-0.39, 0.29) is 0 Å². The zero-order chi connectivity index (χ0) is 10.8. The van der Waals surface area contributed by atoms with Crippen LogP contribution in [0.3, 0.4) is 0 Å². The van der Waals surface area contributed by atoms with Gasteiger partial charge in [-0.05, 0) is 12.8 Å². The lowest BCUT2D eigenvalue weighted by Crippen LogP contribution is -2.37. The number of rotatable bonds is 9. The van der Waals surface area contributed by atoms with Gasteiger partial charge in [0.05, 0.1) is 0 Å². The maximum Gasteiger partial charge on any atom is 0.0238 e. The van der Waals surface area contributed by atoms with E-state index in [0.717, 1.165) is 0 Å². The van der Waals surface area contributed by atoms with Gasteiger partial charge in [0, 0.05) is 13.1 Å². The van der Waals surface area contributed by atoms with E-state index in [0.29, 0.717) is 6.04 Å². The highest BCUT2D eigenvalue weighted by atomic mass is 15.4. The zero-order valence-corrected chi connectivity index (χ0v) is 10.3. The molecule has 0 aliphatic heterocycles. The largest absolute Gasteiger partial charge is 0.269 e. The highest BCUT2D eigenvalue weighted by molar-refractivity contribution is 4.64. The second-order valence-corrected chi connectivity index (χ2v) is 4.31. The Balaban J connectivity index is 3.52. The first-order valence-corrected chi connectivity index (χ1v) is 6.19. The normalized spacial score (nSPS) is 13.5. The van der Waals surface area contributed by atoms with Gasteiger partial charge in [-0.2, -0.15) is 0 Å². The fourth-order valence-corrected chi connectivity index (χ4v) is 1.80. The van der Waals surface area contributed by atoms with Crippen molar-refractivity contribution < 1.29 is 0 Å². The number of hydrazine groups is 1. The van der Waals surface area contributed by atoms with Crippen LogP contribution in [0.1, 0.15) is 65.2 Å². The minimum Gasteiger partial charge on any atom is -0.269 e. The molecule has 0 spiro atoms. The monoisotopic (exact) mass is 200 g/mol. The van der Waals surface area contributed by atoms with Crippen molar-refractivity contribution in [3.8, 4) is 0 Å². The average molecular weight is 200 g/mol. The minimum absolute atomic E-state index is 0.604. The topological polar surface area (TPSA) is 29.3 Å². The molecule has 0 aliphatic carbocycles. The van der Waals surface area contributed by atoms with Crippen molar-refractivity contribution in [2.24, 2.45) is 5.84 Å². The van der Waals surface area contributed by atoms with Crippen molar-refractivity contribution in [1.29, 1.82) is 0 Å². The van der Waals surface area contributed by atoms with Crippen molar-refractivity contribution in [3.63, 3.8) is 0 Å². The van der Waals surface area contributed by atoms with Crippen molar-refractivity contribution in [2.75, 3.05) is 7.05 Å². The van der Waals surface area contributed by atoms with E-state index in [1.807, 2.05) is 12.1 Å².